The Morgan fingerprint density at radius 3 is 1.60 bits per heavy atom. The Morgan fingerprint density at radius 2 is 1.13 bits per heavy atom. The number of benzene rings is 4. The van der Waals surface area contributed by atoms with Gasteiger partial charge in [0.05, 0.1) is 62.4 Å². The van der Waals surface area contributed by atoms with Gasteiger partial charge in [-0.15, -0.1) is 0 Å². The Hall–Kier alpha value is -7.74. The van der Waals surface area contributed by atoms with Crippen LogP contribution in [0.5, 0.6) is 0 Å². The van der Waals surface area contributed by atoms with E-state index in [1.165, 1.54) is 18.6 Å². The van der Waals surface area contributed by atoms with Crippen molar-refractivity contribution in [2.45, 2.75) is 25.9 Å². The fraction of sp³-hybridized carbons (Fsp3) is 0.0800. The van der Waals surface area contributed by atoms with E-state index < -0.39 is 7.12 Å². The van der Waals surface area contributed by atoms with E-state index in [2.05, 4.69) is 50.9 Å². The van der Waals surface area contributed by atoms with Crippen LogP contribution in [0, 0.1) is 0 Å². The second-order valence-electron chi connectivity index (χ2n) is 15.6. The Labute approximate surface area is 418 Å². The van der Waals surface area contributed by atoms with E-state index in [0.717, 1.165) is 44.7 Å². The fourth-order valence-electron chi connectivity index (χ4n) is 7.60. The number of nitrogens with two attached hydrogens (primary N) is 2. The molecule has 2 atom stereocenters. The number of rotatable bonds is 10. The summed E-state index contributed by atoms with van der Waals surface area (Å²) < 4.78 is 13.8. The molecule has 0 aliphatic carbocycles. The number of pyridine rings is 2. The molecule has 6 heterocycles. The molecule has 0 aliphatic heterocycles. The van der Waals surface area contributed by atoms with Crippen molar-refractivity contribution in [2.75, 3.05) is 22.1 Å². The van der Waals surface area contributed by atoms with Gasteiger partial charge in [0.1, 0.15) is 11.6 Å². The number of anilines is 4. The lowest BCUT2D eigenvalue weighted by atomic mass is 9.83. The smallest absolute Gasteiger partial charge is 0.473 e. The van der Waals surface area contributed by atoms with Crippen molar-refractivity contribution in [3.63, 3.8) is 0 Å². The molecule has 0 amide bonds. The van der Waals surface area contributed by atoms with Gasteiger partial charge >= 0.3 is 7.12 Å². The zero-order valence-electron chi connectivity index (χ0n) is 37.2. The average molecular weight is 1040 g/mol. The van der Waals surface area contributed by atoms with Crippen LogP contribution < -0.4 is 38.7 Å². The number of nitrogens with one attached hydrogen (secondary N) is 2. The Bertz CT molecular complexity index is 3530. The first-order valence-corrected chi connectivity index (χ1v) is 23.0. The molecule has 0 aliphatic rings. The zero-order valence-corrected chi connectivity index (χ0v) is 40.3. The van der Waals surface area contributed by atoms with Gasteiger partial charge in [-0.2, -0.15) is 9.97 Å². The van der Waals surface area contributed by atoms with Crippen LogP contribution in [0.2, 0.25) is 10.0 Å². The van der Waals surface area contributed by atoms with Crippen LogP contribution in [0.25, 0.3) is 44.0 Å². The second-order valence-corrected chi connectivity index (χ2v) is 17.3. The molecular weight excluding hydrogens is 998 g/mol. The maximum atomic E-state index is 13.6. The van der Waals surface area contributed by atoms with Crippen LogP contribution in [0.1, 0.15) is 37.3 Å². The van der Waals surface area contributed by atoms with Crippen molar-refractivity contribution in [1.29, 1.82) is 0 Å². The van der Waals surface area contributed by atoms with Gasteiger partial charge in [-0.1, -0.05) is 83.9 Å². The summed E-state index contributed by atoms with van der Waals surface area (Å²) in [5.41, 5.74) is 16.2. The van der Waals surface area contributed by atoms with Gasteiger partial charge in [0.2, 0.25) is 11.9 Å². The topological polar surface area (TPSA) is 238 Å². The number of nitrogens with zero attached hydrogens (tertiary/aromatic N) is 6. The molecule has 0 unspecified atom stereocenters. The van der Waals surface area contributed by atoms with E-state index in [1.54, 1.807) is 46.2 Å². The van der Waals surface area contributed by atoms with Gasteiger partial charge in [-0.25, -0.2) is 9.97 Å². The van der Waals surface area contributed by atoms with E-state index in [4.69, 9.17) is 49.1 Å². The molecule has 20 heteroatoms. The van der Waals surface area contributed by atoms with Crippen molar-refractivity contribution in [3.8, 4) is 22.5 Å². The van der Waals surface area contributed by atoms with Gasteiger partial charge in [0.25, 0.3) is 11.1 Å². The van der Waals surface area contributed by atoms with Gasteiger partial charge in [0.15, 0.2) is 0 Å². The zero-order chi connectivity index (χ0) is 49.5. The minimum absolute atomic E-state index is 0.141. The molecule has 0 spiro atoms. The van der Waals surface area contributed by atoms with Crippen LogP contribution in [0.4, 0.5) is 23.5 Å². The van der Waals surface area contributed by atoms with Gasteiger partial charge in [0, 0.05) is 51.7 Å². The van der Waals surface area contributed by atoms with Gasteiger partial charge in [-0.05, 0) is 101 Å². The van der Waals surface area contributed by atoms with Crippen LogP contribution >= 0.6 is 39.1 Å². The summed E-state index contributed by atoms with van der Waals surface area (Å²) in [7, 11) is -1.41. The SMILES string of the molecule is C[C@H](Nc1nc(N)ncc1-c1ccoc1)c1cc2cccc(Cl)c2c(=O)n1-c1ccccc1.C[C@H](Nc1nc(N)ncc1Br)c1cc2cccc(Cl)c2c(=O)n1-c1ccccc1.OB(O)c1ccoc1. The fourth-order valence-corrected chi connectivity index (χ4v) is 8.43. The summed E-state index contributed by atoms with van der Waals surface area (Å²) in [6, 6.07) is 36.5. The number of aromatic nitrogens is 6. The molecule has 4 aromatic carbocycles. The minimum atomic E-state index is -1.41. The summed E-state index contributed by atoms with van der Waals surface area (Å²) in [6.07, 6.45) is 9.09. The molecule has 6 aromatic heterocycles. The maximum Gasteiger partial charge on any atom is 0.491 e. The lowest BCUT2D eigenvalue weighted by molar-refractivity contribution is 0.425. The number of nitrogen functional groups attached to an aromatic ring is 2. The molecule has 0 fully saturated rings. The maximum absolute atomic E-state index is 13.6. The number of fused-ring (bicyclic) bond motifs is 2. The number of hydrogen-bond donors (Lipinski definition) is 6. The van der Waals surface area contributed by atoms with E-state index >= 15 is 0 Å². The number of halogens is 3. The highest BCUT2D eigenvalue weighted by Gasteiger charge is 2.22. The van der Waals surface area contributed by atoms with Crippen molar-refractivity contribution >= 4 is 96.8 Å². The summed E-state index contributed by atoms with van der Waals surface area (Å²) in [4.78, 5) is 43.8. The third-order valence-corrected chi connectivity index (χ3v) is 12.1. The normalized spacial score (nSPS) is 11.8. The van der Waals surface area contributed by atoms with E-state index in [0.29, 0.717) is 42.4 Å². The summed E-state index contributed by atoms with van der Waals surface area (Å²) in [5.74, 6) is 1.38. The highest BCUT2D eigenvalue weighted by molar-refractivity contribution is 9.10. The van der Waals surface area contributed by atoms with Crippen LogP contribution in [0.15, 0.2) is 182 Å². The Kier molecular flexibility index (Phi) is 15.1. The molecule has 16 nitrogen and oxygen atoms in total. The van der Waals surface area contributed by atoms with E-state index in [9.17, 15) is 9.59 Å². The van der Waals surface area contributed by atoms with Gasteiger partial charge in [-0.3, -0.25) is 18.7 Å². The van der Waals surface area contributed by atoms with Crippen molar-refractivity contribution in [1.82, 2.24) is 29.1 Å². The third-order valence-electron chi connectivity index (χ3n) is 10.9. The predicted molar refractivity (Wildman–Crippen MR) is 280 cm³/mol. The molecule has 352 valence electrons. The van der Waals surface area contributed by atoms with Crippen molar-refractivity contribution in [3.05, 3.63) is 205 Å². The quantitative estimate of drug-likeness (QED) is 0.0700. The molecule has 8 N–H and O–H groups in total. The number of furan rings is 2. The molecule has 0 saturated heterocycles. The van der Waals surface area contributed by atoms with Crippen LogP contribution in [-0.4, -0.2) is 46.2 Å². The van der Waals surface area contributed by atoms with Gasteiger partial charge < -0.3 is 41.0 Å². The van der Waals surface area contributed by atoms with Crippen LogP contribution in [0.3, 0.4) is 0 Å². The summed E-state index contributed by atoms with van der Waals surface area (Å²) in [5, 5.41) is 26.9. The first-order chi connectivity index (χ1) is 33.8. The molecule has 0 saturated carbocycles. The highest BCUT2D eigenvalue weighted by Crippen LogP contribution is 2.33. The highest BCUT2D eigenvalue weighted by atomic mass is 79.9. The largest absolute Gasteiger partial charge is 0.491 e. The summed E-state index contributed by atoms with van der Waals surface area (Å²) in [6.45, 7) is 3.91. The lowest BCUT2D eigenvalue weighted by Gasteiger charge is -2.22. The molecule has 0 radical (unpaired) electrons. The molecule has 70 heavy (non-hydrogen) atoms. The number of hydrogen-bond acceptors (Lipinski definition) is 14. The standard InChI is InChI=1S/C25H20ClN5O2.C21H17BrClN5O.C4H5BO3/c1-15(29-23-19(13-28-25(27)30-23)17-10-11-33-14-17)21-12-16-6-5-9-20(26)22(16)24(32)31(21)18-7-3-2-4-8-18;1-12(26-19-15(22)11-25-21(24)27-19)17-10-13-6-5-9-16(23)18(13)20(29)28(17)14-7-3-2-4-8-14;6-5(7)4-1-2-8-3-4/h2-15H,1H3,(H3,27,28,29,30);2-12H,1H3,(H3,24,25,26,27);1-3,6-7H/t15-;12-;/m00./s1. The molecule has 10 rings (SSSR count). The third kappa shape index (κ3) is 10.8. The number of para-hydroxylation sites is 2. The lowest BCUT2D eigenvalue weighted by Crippen LogP contribution is -2.27. The van der Waals surface area contributed by atoms with E-state index in [1.807, 2.05) is 117 Å². The Balaban J connectivity index is 0.000000163. The monoisotopic (exact) mass is 1040 g/mol. The molecular formula is C50H42BBrCl2N10O6. The first-order valence-electron chi connectivity index (χ1n) is 21.4. The predicted octanol–water partition coefficient (Wildman–Crippen LogP) is 9.36. The second kappa shape index (κ2) is 21.7. The van der Waals surface area contributed by atoms with Crippen molar-refractivity contribution < 1.29 is 18.9 Å². The van der Waals surface area contributed by atoms with Crippen molar-refractivity contribution in [2.24, 2.45) is 0 Å². The van der Waals surface area contributed by atoms with E-state index in [-0.39, 0.29) is 35.1 Å². The van der Waals surface area contributed by atoms with Crippen LogP contribution in [-0.2, 0) is 0 Å². The minimum Gasteiger partial charge on any atom is -0.473 e. The summed E-state index contributed by atoms with van der Waals surface area (Å²) >= 11 is 16.2. The first kappa shape index (κ1) is 48.7. The average Bonchev–Trinajstić information content (AvgIpc) is 4.11. The Morgan fingerprint density at radius 1 is 0.643 bits per heavy atom. The molecule has 10 aromatic rings. The molecule has 0 bridgehead atoms.